The molecule has 4 aliphatic carbocycles. The number of aliphatic hydroxyl groups excluding tert-OH is 1. The molecule has 4 aliphatic rings. The number of fused-ring (bicyclic) bond motifs is 5. The highest BCUT2D eigenvalue weighted by Gasteiger charge is 2.70. The Balaban J connectivity index is 1.74. The van der Waals surface area contributed by atoms with E-state index in [-0.39, 0.29) is 40.3 Å². The van der Waals surface area contributed by atoms with Crippen molar-refractivity contribution in [2.45, 2.75) is 57.7 Å². The molecular formula is C21H26ClFO3S. The smallest absolute Gasteiger partial charge is 0.193 e. The van der Waals surface area contributed by atoms with Gasteiger partial charge in [-0.05, 0) is 62.5 Å². The van der Waals surface area contributed by atoms with Crippen molar-refractivity contribution < 1.29 is 19.1 Å². The maximum atomic E-state index is 16.8. The molecule has 7 atom stereocenters. The Kier molecular flexibility index (Phi) is 4.68. The van der Waals surface area contributed by atoms with Crippen LogP contribution in [0, 0.1) is 28.6 Å². The summed E-state index contributed by atoms with van der Waals surface area (Å²) in [5.74, 6) is -0.548. The molecule has 2 unspecified atom stereocenters. The van der Waals surface area contributed by atoms with Crippen LogP contribution in [-0.4, -0.2) is 33.0 Å². The summed E-state index contributed by atoms with van der Waals surface area (Å²) in [4.78, 5) is 24.4. The second-order valence-electron chi connectivity index (χ2n) is 9.06. The fourth-order valence-corrected chi connectivity index (χ4v) is 7.77. The number of hydrogen-bond acceptors (Lipinski definition) is 4. The number of hydrogen-bond donors (Lipinski definition) is 1. The van der Waals surface area contributed by atoms with Gasteiger partial charge in [0.25, 0.3) is 0 Å². The Morgan fingerprint density at radius 2 is 2.07 bits per heavy atom. The monoisotopic (exact) mass is 412 g/mol. The molecule has 3 fully saturated rings. The number of rotatable bonds is 2. The molecule has 6 heteroatoms. The minimum absolute atomic E-state index is 0.0557. The van der Waals surface area contributed by atoms with E-state index in [0.717, 1.165) is 30.2 Å². The Hall–Kier alpha value is -0.650. The number of thioether (sulfide) groups is 1. The highest BCUT2D eigenvalue weighted by atomic mass is 35.5. The van der Waals surface area contributed by atoms with Gasteiger partial charge in [0.05, 0.1) is 11.3 Å². The molecule has 3 nitrogen and oxygen atoms in total. The van der Waals surface area contributed by atoms with E-state index < -0.39 is 22.6 Å². The van der Waals surface area contributed by atoms with Gasteiger partial charge in [-0.1, -0.05) is 30.3 Å². The molecule has 0 aromatic carbocycles. The van der Waals surface area contributed by atoms with Gasteiger partial charge in [-0.25, -0.2) is 4.39 Å². The predicted molar refractivity (Wildman–Crippen MR) is 105 cm³/mol. The van der Waals surface area contributed by atoms with Gasteiger partial charge in [0.1, 0.15) is 0 Å². The molecule has 0 aliphatic heterocycles. The number of ketones is 1. The first-order valence-corrected chi connectivity index (χ1v) is 11.2. The predicted octanol–water partition coefficient (Wildman–Crippen LogP) is 4.43. The summed E-state index contributed by atoms with van der Waals surface area (Å²) in [5.41, 5.74) is -2.38. The lowest BCUT2D eigenvalue weighted by atomic mass is 9.45. The Morgan fingerprint density at radius 3 is 2.78 bits per heavy atom. The Bertz CT molecular complexity index is 752. The quantitative estimate of drug-likeness (QED) is 0.681. The van der Waals surface area contributed by atoms with Crippen molar-refractivity contribution in [1.82, 2.24) is 0 Å². The van der Waals surface area contributed by atoms with E-state index in [1.165, 1.54) is 6.08 Å². The summed E-state index contributed by atoms with van der Waals surface area (Å²) in [6, 6.07) is 0. The summed E-state index contributed by atoms with van der Waals surface area (Å²) in [6.07, 6.45) is 6.58. The Labute approximate surface area is 168 Å². The van der Waals surface area contributed by atoms with E-state index >= 15 is 4.39 Å². The van der Waals surface area contributed by atoms with E-state index in [9.17, 15) is 14.7 Å². The molecular weight excluding hydrogens is 387 g/mol. The minimum atomic E-state index is -1.81. The van der Waals surface area contributed by atoms with Crippen LogP contribution in [0.5, 0.6) is 0 Å². The normalized spacial score (nSPS) is 48.5. The van der Waals surface area contributed by atoms with Crippen LogP contribution in [-0.2, 0) is 9.59 Å². The second-order valence-corrected chi connectivity index (χ2v) is 10.6. The molecule has 0 radical (unpaired) electrons. The van der Waals surface area contributed by atoms with Crippen LogP contribution in [0.2, 0.25) is 0 Å². The van der Waals surface area contributed by atoms with E-state index in [2.05, 4.69) is 6.92 Å². The first-order valence-electron chi connectivity index (χ1n) is 9.72. The molecule has 1 N–H and O–H groups in total. The molecule has 0 saturated heterocycles. The molecule has 27 heavy (non-hydrogen) atoms. The van der Waals surface area contributed by atoms with Gasteiger partial charge in [0.15, 0.2) is 16.6 Å². The summed E-state index contributed by atoms with van der Waals surface area (Å²) >= 11 is 6.88. The zero-order valence-corrected chi connectivity index (χ0v) is 17.3. The van der Waals surface area contributed by atoms with Crippen LogP contribution in [0.15, 0.2) is 23.8 Å². The first kappa shape index (κ1) is 19.7. The van der Waals surface area contributed by atoms with Crippen molar-refractivity contribution in [2.75, 3.05) is 5.21 Å². The van der Waals surface area contributed by atoms with Gasteiger partial charge in [-0.15, -0.1) is 11.6 Å². The van der Waals surface area contributed by atoms with Crippen molar-refractivity contribution in [3.05, 3.63) is 23.8 Å². The number of carbonyl (C=O) groups excluding carboxylic acids is 2. The number of aliphatic hydroxyl groups is 1. The zero-order valence-electron chi connectivity index (χ0n) is 15.7. The maximum absolute atomic E-state index is 16.8. The average Bonchev–Trinajstić information content (AvgIpc) is 2.94. The largest absolute Gasteiger partial charge is 0.390 e. The number of allylic oxidation sites excluding steroid dienone is 4. The number of carbonyl (C=O) groups is 2. The first-order chi connectivity index (χ1) is 12.7. The third kappa shape index (κ3) is 2.50. The zero-order chi connectivity index (χ0) is 19.6. The fraction of sp³-hybridized carbons (Fsp3) is 0.714. The van der Waals surface area contributed by atoms with Gasteiger partial charge in [0.2, 0.25) is 0 Å². The summed E-state index contributed by atoms with van der Waals surface area (Å²) in [5, 5.41) is 11.4. The highest BCUT2D eigenvalue weighted by Crippen LogP contribution is 2.69. The molecule has 0 spiro atoms. The third-order valence-electron chi connectivity index (χ3n) is 8.12. The van der Waals surface area contributed by atoms with Crippen molar-refractivity contribution in [3.8, 4) is 0 Å². The fourth-order valence-electron chi connectivity index (χ4n) is 6.75. The number of alkyl halides is 2. The number of halogens is 2. The van der Waals surface area contributed by atoms with Gasteiger partial charge < -0.3 is 5.11 Å². The van der Waals surface area contributed by atoms with Gasteiger partial charge in [-0.2, -0.15) is 0 Å². The van der Waals surface area contributed by atoms with Crippen LogP contribution in [0.3, 0.4) is 0 Å². The van der Waals surface area contributed by atoms with Crippen molar-refractivity contribution in [1.29, 1.82) is 0 Å². The Morgan fingerprint density at radius 1 is 1.33 bits per heavy atom. The summed E-state index contributed by atoms with van der Waals surface area (Å²) in [6.45, 7) is 3.87. The second kappa shape index (κ2) is 6.43. The lowest BCUT2D eigenvalue weighted by Crippen LogP contribution is -2.66. The standard InChI is InChI=1S/C21H26ClFO3S/c1-19-10-17(25)21(23)15(14(19)5-6-16(19)18(26)27-11-22)4-3-12-9-13(24)7-8-20(12,21)2/h7-9,14-17,25H,3-6,10-11H2,1-2H3/t14-,15-,16?,17-,19-,20-,21?/m0/s1. The van der Waals surface area contributed by atoms with Crippen LogP contribution in [0.25, 0.3) is 0 Å². The molecule has 0 aromatic rings. The topological polar surface area (TPSA) is 54.4 Å². The third-order valence-corrected chi connectivity index (χ3v) is 9.12. The molecule has 0 amide bonds. The van der Waals surface area contributed by atoms with Crippen LogP contribution in [0.1, 0.15) is 46.0 Å². The van der Waals surface area contributed by atoms with E-state index in [1.807, 2.05) is 6.92 Å². The SMILES string of the molecule is C[C@]12C=CC(=O)C=C1CC[C@H]1[C@@H]3CCC(C(=O)SCCl)[C@@]3(C)C[C@H](O)C12F. The van der Waals surface area contributed by atoms with Gasteiger partial charge in [-0.3, -0.25) is 9.59 Å². The van der Waals surface area contributed by atoms with Crippen LogP contribution in [0.4, 0.5) is 4.39 Å². The molecule has 148 valence electrons. The summed E-state index contributed by atoms with van der Waals surface area (Å²) in [7, 11) is 0. The van der Waals surface area contributed by atoms with E-state index in [4.69, 9.17) is 11.6 Å². The molecule has 4 rings (SSSR count). The molecule has 0 bridgehead atoms. The lowest BCUT2D eigenvalue weighted by molar-refractivity contribution is -0.194. The van der Waals surface area contributed by atoms with Crippen molar-refractivity contribution in [3.63, 3.8) is 0 Å². The van der Waals surface area contributed by atoms with E-state index in [0.29, 0.717) is 12.8 Å². The molecule has 3 saturated carbocycles. The van der Waals surface area contributed by atoms with Gasteiger partial charge in [0, 0.05) is 17.3 Å². The van der Waals surface area contributed by atoms with Crippen molar-refractivity contribution >= 4 is 34.3 Å². The highest BCUT2D eigenvalue weighted by molar-refractivity contribution is 8.14. The molecule has 0 aromatic heterocycles. The van der Waals surface area contributed by atoms with Crippen molar-refractivity contribution in [2.24, 2.45) is 28.6 Å². The van der Waals surface area contributed by atoms with Crippen LogP contribution < -0.4 is 0 Å². The average molecular weight is 413 g/mol. The van der Waals surface area contributed by atoms with E-state index in [1.54, 1.807) is 12.2 Å². The summed E-state index contributed by atoms with van der Waals surface area (Å²) < 4.78 is 16.8. The minimum Gasteiger partial charge on any atom is -0.390 e. The maximum Gasteiger partial charge on any atom is 0.193 e. The molecule has 0 heterocycles. The van der Waals surface area contributed by atoms with Crippen LogP contribution >= 0.6 is 23.4 Å². The lowest BCUT2D eigenvalue weighted by Gasteiger charge is -2.61. The van der Waals surface area contributed by atoms with Gasteiger partial charge >= 0.3 is 0 Å².